The highest BCUT2D eigenvalue weighted by molar-refractivity contribution is 5.86. The van der Waals surface area contributed by atoms with Gasteiger partial charge in [0.1, 0.15) is 5.54 Å². The molecule has 3 N–H and O–H groups in total. The summed E-state index contributed by atoms with van der Waals surface area (Å²) in [5.74, 6) is -0.946. The Labute approximate surface area is 101 Å². The van der Waals surface area contributed by atoms with Crippen LogP contribution in [-0.4, -0.2) is 28.7 Å². The summed E-state index contributed by atoms with van der Waals surface area (Å²) in [5.41, 5.74) is -1.09. The number of hydrogen-bond donors (Lipinski definition) is 3. The molecular formula is C12H20N2O3. The number of rotatable bonds is 4. The number of carbonyl (C=O) groups excluding carboxylic acids is 1. The van der Waals surface area contributed by atoms with Gasteiger partial charge in [-0.05, 0) is 19.8 Å². The minimum atomic E-state index is -1.09. The molecule has 5 nitrogen and oxygen atoms in total. The molecule has 0 aliphatic heterocycles. The summed E-state index contributed by atoms with van der Waals surface area (Å²) in [6, 6.07) is -0.619. The topological polar surface area (TPSA) is 78.4 Å². The maximum Gasteiger partial charge on any atom is 0.329 e. The zero-order valence-electron chi connectivity index (χ0n) is 10.2. The monoisotopic (exact) mass is 240 g/mol. The number of amides is 2. The first kappa shape index (κ1) is 13.5. The van der Waals surface area contributed by atoms with E-state index < -0.39 is 17.5 Å². The SMILES string of the molecule is C=CC(C)NC(=O)NC1(C(=O)O)CCCCC1. The van der Waals surface area contributed by atoms with Crippen LogP contribution < -0.4 is 10.6 Å². The molecule has 0 aromatic rings. The summed E-state index contributed by atoms with van der Waals surface area (Å²) < 4.78 is 0. The van der Waals surface area contributed by atoms with E-state index >= 15 is 0 Å². The molecule has 2 amide bonds. The summed E-state index contributed by atoms with van der Waals surface area (Å²) in [4.78, 5) is 23.0. The van der Waals surface area contributed by atoms with E-state index in [4.69, 9.17) is 0 Å². The van der Waals surface area contributed by atoms with Crippen LogP contribution in [0.5, 0.6) is 0 Å². The lowest BCUT2D eigenvalue weighted by Gasteiger charge is -2.34. The van der Waals surface area contributed by atoms with Crippen LogP contribution in [0.1, 0.15) is 39.0 Å². The normalized spacial score (nSPS) is 20.1. The van der Waals surface area contributed by atoms with E-state index in [0.29, 0.717) is 12.8 Å². The smallest absolute Gasteiger partial charge is 0.329 e. The van der Waals surface area contributed by atoms with Crippen molar-refractivity contribution in [2.75, 3.05) is 0 Å². The summed E-state index contributed by atoms with van der Waals surface area (Å²) in [6.45, 7) is 5.33. The highest BCUT2D eigenvalue weighted by Gasteiger charge is 2.40. The van der Waals surface area contributed by atoms with Gasteiger partial charge in [-0.1, -0.05) is 25.3 Å². The van der Waals surface area contributed by atoms with Crippen LogP contribution in [0.3, 0.4) is 0 Å². The van der Waals surface area contributed by atoms with E-state index in [1.807, 2.05) is 0 Å². The van der Waals surface area contributed by atoms with Crippen molar-refractivity contribution >= 4 is 12.0 Å². The van der Waals surface area contributed by atoms with Gasteiger partial charge in [-0.25, -0.2) is 9.59 Å². The molecule has 1 rings (SSSR count). The van der Waals surface area contributed by atoms with Crippen LogP contribution in [0, 0.1) is 0 Å². The molecule has 0 aromatic carbocycles. The van der Waals surface area contributed by atoms with E-state index in [1.165, 1.54) is 0 Å². The Bertz CT molecular complexity index is 309. The van der Waals surface area contributed by atoms with Crippen molar-refractivity contribution in [2.45, 2.75) is 50.6 Å². The highest BCUT2D eigenvalue weighted by Crippen LogP contribution is 2.28. The third-order valence-corrected chi connectivity index (χ3v) is 3.18. The van der Waals surface area contributed by atoms with Gasteiger partial charge in [0.05, 0.1) is 0 Å². The van der Waals surface area contributed by atoms with Gasteiger partial charge < -0.3 is 15.7 Å². The fraction of sp³-hybridized carbons (Fsp3) is 0.667. The number of carboxylic acids is 1. The lowest BCUT2D eigenvalue weighted by molar-refractivity contribution is -0.145. The highest BCUT2D eigenvalue weighted by atomic mass is 16.4. The fourth-order valence-electron chi connectivity index (χ4n) is 2.07. The second-order valence-corrected chi connectivity index (χ2v) is 4.57. The van der Waals surface area contributed by atoms with Crippen LogP contribution >= 0.6 is 0 Å². The van der Waals surface area contributed by atoms with E-state index in [-0.39, 0.29) is 6.04 Å². The van der Waals surface area contributed by atoms with Crippen molar-refractivity contribution < 1.29 is 14.7 Å². The Morgan fingerprint density at radius 3 is 2.41 bits per heavy atom. The number of carboxylic acid groups (broad SMARTS) is 1. The molecule has 1 unspecified atom stereocenters. The van der Waals surface area contributed by atoms with Gasteiger partial charge in [0, 0.05) is 6.04 Å². The predicted octanol–water partition coefficient (Wildman–Crippen LogP) is 1.65. The van der Waals surface area contributed by atoms with E-state index in [9.17, 15) is 14.7 Å². The molecule has 0 heterocycles. The zero-order chi connectivity index (χ0) is 12.9. The Balaban J connectivity index is 2.63. The Kier molecular flexibility index (Phi) is 4.54. The summed E-state index contributed by atoms with van der Waals surface area (Å²) in [5, 5.41) is 14.5. The van der Waals surface area contributed by atoms with Crippen molar-refractivity contribution in [1.29, 1.82) is 0 Å². The minimum Gasteiger partial charge on any atom is -0.480 e. The molecule has 1 aliphatic rings. The Morgan fingerprint density at radius 2 is 1.94 bits per heavy atom. The Hall–Kier alpha value is -1.52. The Morgan fingerprint density at radius 1 is 1.35 bits per heavy atom. The largest absolute Gasteiger partial charge is 0.480 e. The lowest BCUT2D eigenvalue weighted by atomic mass is 9.82. The molecule has 0 radical (unpaired) electrons. The first-order valence-corrected chi connectivity index (χ1v) is 5.95. The number of hydrogen-bond acceptors (Lipinski definition) is 2. The molecule has 0 bridgehead atoms. The van der Waals surface area contributed by atoms with Crippen LogP contribution in [0.15, 0.2) is 12.7 Å². The van der Waals surface area contributed by atoms with Gasteiger partial charge in [0.2, 0.25) is 0 Å². The van der Waals surface area contributed by atoms with Gasteiger partial charge in [-0.15, -0.1) is 6.58 Å². The van der Waals surface area contributed by atoms with Crippen molar-refractivity contribution in [3.8, 4) is 0 Å². The van der Waals surface area contributed by atoms with Crippen LogP contribution in [0.2, 0.25) is 0 Å². The van der Waals surface area contributed by atoms with Crippen molar-refractivity contribution in [2.24, 2.45) is 0 Å². The van der Waals surface area contributed by atoms with Crippen LogP contribution in [0.25, 0.3) is 0 Å². The standard InChI is InChI=1S/C12H20N2O3/c1-3-9(2)13-11(17)14-12(10(15)16)7-5-4-6-8-12/h3,9H,1,4-8H2,2H3,(H,15,16)(H2,13,14,17). The van der Waals surface area contributed by atoms with Gasteiger partial charge >= 0.3 is 12.0 Å². The summed E-state index contributed by atoms with van der Waals surface area (Å²) >= 11 is 0. The molecule has 0 spiro atoms. The molecular weight excluding hydrogens is 220 g/mol. The third-order valence-electron chi connectivity index (χ3n) is 3.18. The third kappa shape index (κ3) is 3.47. The number of urea groups is 1. The molecule has 5 heteroatoms. The molecule has 1 fully saturated rings. The van der Waals surface area contributed by atoms with Gasteiger partial charge in [0.15, 0.2) is 0 Å². The number of nitrogens with one attached hydrogen (secondary N) is 2. The first-order chi connectivity index (χ1) is 8.00. The summed E-state index contributed by atoms with van der Waals surface area (Å²) in [6.07, 6.45) is 5.29. The number of aliphatic carboxylic acids is 1. The lowest BCUT2D eigenvalue weighted by Crippen LogP contribution is -2.58. The molecule has 17 heavy (non-hydrogen) atoms. The summed E-state index contributed by atoms with van der Waals surface area (Å²) in [7, 11) is 0. The molecule has 0 aromatic heterocycles. The second-order valence-electron chi connectivity index (χ2n) is 4.57. The predicted molar refractivity (Wildman–Crippen MR) is 64.8 cm³/mol. The second kappa shape index (κ2) is 5.70. The molecule has 1 aliphatic carbocycles. The molecule has 0 saturated heterocycles. The van der Waals surface area contributed by atoms with Crippen LogP contribution in [0.4, 0.5) is 4.79 Å². The van der Waals surface area contributed by atoms with Gasteiger partial charge in [-0.3, -0.25) is 0 Å². The van der Waals surface area contributed by atoms with E-state index in [1.54, 1.807) is 13.0 Å². The zero-order valence-corrected chi connectivity index (χ0v) is 10.2. The van der Waals surface area contributed by atoms with Crippen molar-refractivity contribution in [3.63, 3.8) is 0 Å². The maximum atomic E-state index is 11.7. The average Bonchev–Trinajstić information content (AvgIpc) is 2.29. The molecule has 96 valence electrons. The molecule has 1 atom stereocenters. The minimum absolute atomic E-state index is 0.176. The maximum absolute atomic E-state index is 11.7. The fourth-order valence-corrected chi connectivity index (χ4v) is 2.07. The van der Waals surface area contributed by atoms with Crippen molar-refractivity contribution in [3.05, 3.63) is 12.7 Å². The van der Waals surface area contributed by atoms with Crippen molar-refractivity contribution in [1.82, 2.24) is 10.6 Å². The molecule has 1 saturated carbocycles. The quantitative estimate of drug-likeness (QED) is 0.654. The number of carbonyl (C=O) groups is 2. The van der Waals surface area contributed by atoms with E-state index in [0.717, 1.165) is 19.3 Å². The average molecular weight is 240 g/mol. The van der Waals surface area contributed by atoms with E-state index in [2.05, 4.69) is 17.2 Å². The van der Waals surface area contributed by atoms with Gasteiger partial charge in [0.25, 0.3) is 0 Å². The first-order valence-electron chi connectivity index (χ1n) is 5.95. The van der Waals surface area contributed by atoms with Crippen LogP contribution in [-0.2, 0) is 4.79 Å². The van der Waals surface area contributed by atoms with Gasteiger partial charge in [-0.2, -0.15) is 0 Å².